The van der Waals surface area contributed by atoms with Crippen LogP contribution in [0.25, 0.3) is 11.1 Å². The lowest BCUT2D eigenvalue weighted by molar-refractivity contribution is 0.177. The third kappa shape index (κ3) is 7.63. The van der Waals surface area contributed by atoms with Crippen LogP contribution >= 0.6 is 7.60 Å². The highest BCUT2D eigenvalue weighted by Crippen LogP contribution is 2.45. The Bertz CT molecular complexity index is 1450. The molecule has 3 atom stereocenters. The number of aliphatic hydroxyl groups is 1. The van der Waals surface area contributed by atoms with Crippen LogP contribution < -0.4 is 10.2 Å². The normalized spacial score (nSPS) is 19.2. The molecule has 8 heteroatoms. The molecule has 41 heavy (non-hydrogen) atoms. The molecular formula is C33H37FNO5P. The monoisotopic (exact) mass is 577 g/mol. The van der Waals surface area contributed by atoms with Gasteiger partial charge in [-0.15, -0.1) is 0 Å². The van der Waals surface area contributed by atoms with Crippen LogP contribution in [0.2, 0.25) is 0 Å². The van der Waals surface area contributed by atoms with Crippen molar-refractivity contribution in [3.8, 4) is 16.9 Å². The molecular weight excluding hydrogens is 540 g/mol. The molecule has 0 amide bonds. The van der Waals surface area contributed by atoms with Crippen molar-refractivity contribution in [1.82, 2.24) is 0 Å². The maximum Gasteiger partial charge on any atom is 0.356 e. The summed E-state index contributed by atoms with van der Waals surface area (Å²) in [5, 5.41) is 22.1. The lowest BCUT2D eigenvalue weighted by Crippen LogP contribution is -2.39. The van der Waals surface area contributed by atoms with Gasteiger partial charge >= 0.3 is 7.60 Å². The molecule has 3 aromatic carbocycles. The standard InChI is InChI=1S/C33H37FNO5P/c1-3-27(34)16-11-23(2)31(36)20-15-25-8-7-21-35(28-9-5-4-6-10-28)33(25)30-19-14-26(22-32(30)37)24-12-17-29(18-13-24)41(38,39)40/h3-6,9-14,16-19,22,25,31,33,36-37H,1,7-8,15,20-21H2,2H3,(H2,38,39,40)/b23-11+,27-16+. The van der Waals surface area contributed by atoms with Crippen molar-refractivity contribution >= 4 is 18.6 Å². The Morgan fingerprint density at radius 3 is 2.39 bits per heavy atom. The van der Waals surface area contributed by atoms with Crippen LogP contribution in [0.4, 0.5) is 10.1 Å². The minimum Gasteiger partial charge on any atom is -0.508 e. The summed E-state index contributed by atoms with van der Waals surface area (Å²) in [5.41, 5.74) is 3.98. The fraction of sp³-hybridized carbons (Fsp3) is 0.273. The number of piperidine rings is 1. The quantitative estimate of drug-likeness (QED) is 0.154. The molecule has 1 saturated heterocycles. The van der Waals surface area contributed by atoms with Crippen molar-refractivity contribution < 1.29 is 29.0 Å². The number of para-hydroxylation sites is 1. The molecule has 3 unspecified atom stereocenters. The van der Waals surface area contributed by atoms with Gasteiger partial charge in [0.25, 0.3) is 0 Å². The lowest BCUT2D eigenvalue weighted by Gasteiger charge is -2.44. The first-order valence-corrected chi connectivity index (χ1v) is 15.4. The van der Waals surface area contributed by atoms with E-state index in [9.17, 15) is 29.0 Å². The van der Waals surface area contributed by atoms with Gasteiger partial charge in [-0.25, -0.2) is 4.39 Å². The topological polar surface area (TPSA) is 101 Å². The summed E-state index contributed by atoms with van der Waals surface area (Å²) >= 11 is 0. The molecule has 0 aliphatic carbocycles. The fourth-order valence-corrected chi connectivity index (χ4v) is 6.06. The average molecular weight is 578 g/mol. The molecule has 1 heterocycles. The fourth-order valence-electron chi connectivity index (χ4n) is 5.52. The van der Waals surface area contributed by atoms with Crippen molar-refractivity contribution in [3.05, 3.63) is 115 Å². The van der Waals surface area contributed by atoms with Gasteiger partial charge in [-0.3, -0.25) is 4.57 Å². The minimum absolute atomic E-state index is 0.0558. The highest BCUT2D eigenvalue weighted by Gasteiger charge is 2.34. The first-order chi connectivity index (χ1) is 19.6. The molecule has 216 valence electrons. The van der Waals surface area contributed by atoms with Crippen molar-refractivity contribution in [3.63, 3.8) is 0 Å². The summed E-state index contributed by atoms with van der Waals surface area (Å²) in [5.74, 6) is -0.175. The molecule has 3 aromatic rings. The number of nitrogens with zero attached hydrogens (tertiary/aromatic N) is 1. The lowest BCUT2D eigenvalue weighted by atomic mass is 9.80. The maximum atomic E-state index is 13.5. The van der Waals surface area contributed by atoms with Crippen molar-refractivity contribution in [1.29, 1.82) is 0 Å². The molecule has 0 saturated carbocycles. The largest absolute Gasteiger partial charge is 0.508 e. The summed E-state index contributed by atoms with van der Waals surface area (Å²) in [6.45, 7) is 6.01. The summed E-state index contributed by atoms with van der Waals surface area (Å²) in [6.07, 6.45) is 6.39. The van der Waals surface area contributed by atoms with E-state index in [1.807, 2.05) is 30.3 Å². The van der Waals surface area contributed by atoms with Crippen LogP contribution in [-0.4, -0.2) is 32.6 Å². The number of hydrogen-bond acceptors (Lipinski definition) is 4. The second-order valence-electron chi connectivity index (χ2n) is 10.5. The number of halogens is 1. The Kier molecular flexibility index (Phi) is 10.0. The first kappa shape index (κ1) is 30.5. The third-order valence-electron chi connectivity index (χ3n) is 7.77. The zero-order valence-corrected chi connectivity index (χ0v) is 24.0. The Balaban J connectivity index is 1.63. The summed E-state index contributed by atoms with van der Waals surface area (Å²) < 4.78 is 25.0. The molecule has 4 N–H and O–H groups in total. The van der Waals surface area contributed by atoms with E-state index in [1.54, 1.807) is 31.2 Å². The number of benzene rings is 3. The Morgan fingerprint density at radius 1 is 1.07 bits per heavy atom. The Morgan fingerprint density at radius 2 is 1.76 bits per heavy atom. The van der Waals surface area contributed by atoms with Crippen molar-refractivity contribution in [2.45, 2.75) is 44.8 Å². The molecule has 6 nitrogen and oxygen atoms in total. The molecule has 4 rings (SSSR count). The highest BCUT2D eigenvalue weighted by atomic mass is 31.2. The number of phenolic OH excluding ortho intramolecular Hbond substituents is 1. The summed E-state index contributed by atoms with van der Waals surface area (Å²) in [6, 6.07) is 21.6. The number of aliphatic hydroxyl groups excluding tert-OH is 1. The van der Waals surface area contributed by atoms with Gasteiger partial charge in [-0.2, -0.15) is 0 Å². The number of anilines is 1. The minimum atomic E-state index is -4.34. The smallest absolute Gasteiger partial charge is 0.356 e. The van der Waals surface area contributed by atoms with Crippen molar-refractivity contribution in [2.75, 3.05) is 11.4 Å². The summed E-state index contributed by atoms with van der Waals surface area (Å²) in [4.78, 5) is 21.1. The molecule has 1 aliphatic heterocycles. The van der Waals surface area contributed by atoms with Crippen LogP contribution in [0.5, 0.6) is 5.75 Å². The van der Waals surface area contributed by atoms with E-state index < -0.39 is 19.5 Å². The third-order valence-corrected chi connectivity index (χ3v) is 8.74. The van der Waals surface area contributed by atoms with Gasteiger partial charge in [-0.05, 0) is 97.7 Å². The van der Waals surface area contributed by atoms with E-state index in [-0.39, 0.29) is 23.0 Å². The van der Waals surface area contributed by atoms with Crippen LogP contribution in [0, 0.1) is 5.92 Å². The zero-order valence-electron chi connectivity index (χ0n) is 23.1. The number of hydrogen-bond donors (Lipinski definition) is 4. The second kappa shape index (κ2) is 13.5. The summed E-state index contributed by atoms with van der Waals surface area (Å²) in [7, 11) is -4.34. The van der Waals surface area contributed by atoms with E-state index in [0.29, 0.717) is 18.4 Å². The SMILES string of the molecule is C=C/C(F)=C\C=C(/C)C(O)CCC1CCCN(c2ccccc2)C1c1ccc(-c2ccc(P(=O)(O)O)cc2)cc1O. The first-order valence-electron chi connectivity index (χ1n) is 13.7. The van der Waals surface area contributed by atoms with E-state index in [2.05, 4.69) is 23.6 Å². The zero-order chi connectivity index (χ0) is 29.6. The maximum absolute atomic E-state index is 13.5. The molecule has 0 aromatic heterocycles. The van der Waals surface area contributed by atoms with E-state index in [4.69, 9.17) is 0 Å². The van der Waals surface area contributed by atoms with E-state index >= 15 is 0 Å². The molecule has 1 fully saturated rings. The van der Waals surface area contributed by atoms with Gasteiger partial charge < -0.3 is 24.9 Å². The average Bonchev–Trinajstić information content (AvgIpc) is 2.98. The number of allylic oxidation sites excluding steroid dienone is 4. The molecule has 1 aliphatic rings. The molecule has 0 bridgehead atoms. The van der Waals surface area contributed by atoms with Crippen LogP contribution in [0.1, 0.15) is 44.2 Å². The predicted octanol–water partition coefficient (Wildman–Crippen LogP) is 6.95. The number of aromatic hydroxyl groups is 1. The van der Waals surface area contributed by atoms with Gasteiger partial charge in [0.05, 0.1) is 17.5 Å². The second-order valence-corrected chi connectivity index (χ2v) is 12.1. The molecule has 0 spiro atoms. The van der Waals surface area contributed by atoms with E-state index in [0.717, 1.165) is 47.8 Å². The van der Waals surface area contributed by atoms with Gasteiger partial charge in [0, 0.05) is 17.8 Å². The number of rotatable bonds is 10. The van der Waals surface area contributed by atoms with Crippen LogP contribution in [0.15, 0.2) is 109 Å². The van der Waals surface area contributed by atoms with Gasteiger partial charge in [0.1, 0.15) is 11.6 Å². The van der Waals surface area contributed by atoms with Crippen LogP contribution in [0.3, 0.4) is 0 Å². The predicted molar refractivity (Wildman–Crippen MR) is 163 cm³/mol. The van der Waals surface area contributed by atoms with Crippen LogP contribution in [-0.2, 0) is 4.57 Å². The van der Waals surface area contributed by atoms with Gasteiger partial charge in [-0.1, -0.05) is 55.1 Å². The highest BCUT2D eigenvalue weighted by molar-refractivity contribution is 7.60. The van der Waals surface area contributed by atoms with E-state index in [1.165, 1.54) is 18.2 Å². The van der Waals surface area contributed by atoms with Crippen molar-refractivity contribution in [2.24, 2.45) is 5.92 Å². The van der Waals surface area contributed by atoms with Gasteiger partial charge in [0.15, 0.2) is 0 Å². The molecule has 0 radical (unpaired) electrons. The Labute approximate surface area is 241 Å². The van der Waals surface area contributed by atoms with Gasteiger partial charge in [0.2, 0.25) is 0 Å². The Hall–Kier alpha value is -3.48. The number of phenols is 1.